The average molecular weight is 312 g/mol. The Balaban J connectivity index is 1.33. The van der Waals surface area contributed by atoms with E-state index in [1.807, 2.05) is 19.1 Å². The fraction of sp³-hybridized carbons (Fsp3) is 0.357. The lowest BCUT2D eigenvalue weighted by Crippen LogP contribution is -2.52. The molecule has 3 aromatic rings. The zero-order valence-electron chi connectivity index (χ0n) is 12.6. The lowest BCUT2D eigenvalue weighted by atomic mass is 10.0. The van der Waals surface area contributed by atoms with Crippen molar-refractivity contribution in [2.24, 2.45) is 5.92 Å². The number of imidazole rings is 1. The first-order chi connectivity index (χ1) is 11.2. The third kappa shape index (κ3) is 2.50. The van der Waals surface area contributed by atoms with Crippen LogP contribution in [0.3, 0.4) is 0 Å². The first-order valence-electron chi connectivity index (χ1n) is 7.41. The van der Waals surface area contributed by atoms with Crippen LogP contribution >= 0.6 is 0 Å². The van der Waals surface area contributed by atoms with Crippen LogP contribution in [0.5, 0.6) is 0 Å². The highest BCUT2D eigenvalue weighted by molar-refractivity contribution is 5.91. The molecule has 9 nitrogen and oxygen atoms in total. The van der Waals surface area contributed by atoms with E-state index in [0.29, 0.717) is 18.2 Å². The quantitative estimate of drug-likeness (QED) is 0.704. The van der Waals surface area contributed by atoms with Crippen molar-refractivity contribution in [3.63, 3.8) is 0 Å². The Bertz CT molecular complexity index is 834. The maximum absolute atomic E-state index is 11.8. The van der Waals surface area contributed by atoms with E-state index in [0.717, 1.165) is 30.4 Å². The van der Waals surface area contributed by atoms with E-state index in [1.54, 1.807) is 4.52 Å². The Morgan fingerprint density at radius 1 is 1.39 bits per heavy atom. The van der Waals surface area contributed by atoms with Gasteiger partial charge < -0.3 is 15.2 Å². The molecular formula is C14H16N8O. The van der Waals surface area contributed by atoms with Crippen LogP contribution in [0.15, 0.2) is 24.7 Å². The summed E-state index contributed by atoms with van der Waals surface area (Å²) in [7, 11) is 0. The normalized spacial score (nSPS) is 14.9. The lowest BCUT2D eigenvalue weighted by Gasteiger charge is -2.40. The number of aromatic amines is 1. The minimum atomic E-state index is -0.124. The molecule has 0 aliphatic carbocycles. The van der Waals surface area contributed by atoms with Gasteiger partial charge in [-0.2, -0.15) is 4.52 Å². The molecule has 0 radical (unpaired) electrons. The Hall–Kier alpha value is -2.97. The summed E-state index contributed by atoms with van der Waals surface area (Å²) in [6.07, 6.45) is 3.01. The van der Waals surface area contributed by atoms with E-state index in [4.69, 9.17) is 0 Å². The Morgan fingerprint density at radius 2 is 2.26 bits per heavy atom. The van der Waals surface area contributed by atoms with Crippen LogP contribution in [0, 0.1) is 12.8 Å². The van der Waals surface area contributed by atoms with E-state index < -0.39 is 0 Å². The molecule has 3 aromatic heterocycles. The van der Waals surface area contributed by atoms with Crippen LogP contribution in [0.1, 0.15) is 16.3 Å². The zero-order valence-corrected chi connectivity index (χ0v) is 12.6. The number of carbonyl (C=O) groups is 1. The third-order valence-corrected chi connectivity index (χ3v) is 3.98. The van der Waals surface area contributed by atoms with Crippen LogP contribution in [0.2, 0.25) is 0 Å². The molecule has 0 bridgehead atoms. The first-order valence-corrected chi connectivity index (χ1v) is 7.41. The second kappa shape index (κ2) is 5.34. The molecule has 23 heavy (non-hydrogen) atoms. The van der Waals surface area contributed by atoms with Crippen LogP contribution in [-0.4, -0.2) is 55.3 Å². The molecule has 4 rings (SSSR count). The van der Waals surface area contributed by atoms with E-state index in [-0.39, 0.29) is 5.91 Å². The Morgan fingerprint density at radius 3 is 3.04 bits per heavy atom. The number of aryl methyl sites for hydroxylation is 1. The monoisotopic (exact) mass is 312 g/mol. The summed E-state index contributed by atoms with van der Waals surface area (Å²) in [5, 5.41) is 15.5. The number of nitrogens with one attached hydrogen (secondary N) is 2. The van der Waals surface area contributed by atoms with Gasteiger partial charge in [0.1, 0.15) is 11.5 Å². The standard InChI is InChI=1S/C14H16N8O/c1-9-18-19-12-2-3-13(20-22(9)12)21-6-10(7-21)4-16-14(23)11-5-15-8-17-11/h2-3,5,8,10H,4,6-7H2,1H3,(H,15,17)(H,16,23). The summed E-state index contributed by atoms with van der Waals surface area (Å²) < 4.78 is 1.74. The van der Waals surface area contributed by atoms with Gasteiger partial charge in [0.25, 0.3) is 5.91 Å². The van der Waals surface area contributed by atoms with Crippen molar-refractivity contribution in [2.45, 2.75) is 6.92 Å². The number of nitrogens with zero attached hydrogens (tertiary/aromatic N) is 6. The molecule has 1 saturated heterocycles. The Labute approximate surface area is 131 Å². The predicted octanol–water partition coefficient (Wildman–Crippen LogP) is 0.0220. The number of hydrogen-bond donors (Lipinski definition) is 2. The maximum atomic E-state index is 11.8. The lowest BCUT2D eigenvalue weighted by molar-refractivity contribution is 0.0940. The molecule has 4 heterocycles. The van der Waals surface area contributed by atoms with Crippen molar-refractivity contribution in [1.29, 1.82) is 0 Å². The first kappa shape index (κ1) is 13.7. The van der Waals surface area contributed by atoms with E-state index in [1.165, 1.54) is 12.5 Å². The van der Waals surface area contributed by atoms with Gasteiger partial charge in [-0.25, -0.2) is 4.98 Å². The molecular weight excluding hydrogens is 296 g/mol. The number of H-pyrrole nitrogens is 1. The van der Waals surface area contributed by atoms with Crippen molar-refractivity contribution in [3.8, 4) is 0 Å². The number of anilines is 1. The molecule has 118 valence electrons. The van der Waals surface area contributed by atoms with Crippen molar-refractivity contribution in [2.75, 3.05) is 24.5 Å². The van der Waals surface area contributed by atoms with Crippen molar-refractivity contribution in [3.05, 3.63) is 36.2 Å². The summed E-state index contributed by atoms with van der Waals surface area (Å²) in [6, 6.07) is 3.86. The fourth-order valence-corrected chi connectivity index (χ4v) is 2.65. The Kier molecular flexibility index (Phi) is 3.18. The molecule has 9 heteroatoms. The number of hydrogen-bond acceptors (Lipinski definition) is 6. The highest BCUT2D eigenvalue weighted by Crippen LogP contribution is 2.22. The molecule has 0 saturated carbocycles. The second-order valence-electron chi connectivity index (χ2n) is 5.66. The summed E-state index contributed by atoms with van der Waals surface area (Å²) in [5.74, 6) is 1.96. The minimum absolute atomic E-state index is 0.124. The van der Waals surface area contributed by atoms with Gasteiger partial charge in [-0.3, -0.25) is 4.79 Å². The number of rotatable bonds is 4. The number of aromatic nitrogens is 6. The van der Waals surface area contributed by atoms with Gasteiger partial charge in [0.15, 0.2) is 11.5 Å². The molecule has 0 aromatic carbocycles. The minimum Gasteiger partial charge on any atom is -0.354 e. The van der Waals surface area contributed by atoms with Crippen molar-refractivity contribution in [1.82, 2.24) is 35.1 Å². The second-order valence-corrected chi connectivity index (χ2v) is 5.66. The smallest absolute Gasteiger partial charge is 0.269 e. The van der Waals surface area contributed by atoms with Crippen LogP contribution in [-0.2, 0) is 0 Å². The SMILES string of the molecule is Cc1nnc2ccc(N3CC(CNC(=O)c4cnc[nH]4)C3)nn12. The predicted molar refractivity (Wildman–Crippen MR) is 82.1 cm³/mol. The van der Waals surface area contributed by atoms with Gasteiger partial charge in [0.05, 0.1) is 12.5 Å². The van der Waals surface area contributed by atoms with E-state index >= 15 is 0 Å². The van der Waals surface area contributed by atoms with Gasteiger partial charge >= 0.3 is 0 Å². The van der Waals surface area contributed by atoms with Crippen LogP contribution < -0.4 is 10.2 Å². The molecule has 1 amide bonds. The third-order valence-electron chi connectivity index (χ3n) is 3.98. The van der Waals surface area contributed by atoms with Gasteiger partial charge in [0, 0.05) is 25.6 Å². The zero-order chi connectivity index (χ0) is 15.8. The van der Waals surface area contributed by atoms with Gasteiger partial charge in [-0.05, 0) is 19.1 Å². The highest BCUT2D eigenvalue weighted by Gasteiger charge is 2.28. The highest BCUT2D eigenvalue weighted by atomic mass is 16.1. The molecule has 1 aliphatic rings. The van der Waals surface area contributed by atoms with E-state index in [9.17, 15) is 4.79 Å². The molecule has 0 atom stereocenters. The van der Waals surface area contributed by atoms with Crippen molar-refractivity contribution >= 4 is 17.4 Å². The molecule has 0 spiro atoms. The average Bonchev–Trinajstić information content (AvgIpc) is 3.16. The van der Waals surface area contributed by atoms with Gasteiger partial charge in [-0.15, -0.1) is 15.3 Å². The van der Waals surface area contributed by atoms with Crippen LogP contribution in [0.25, 0.3) is 5.65 Å². The number of amides is 1. The summed E-state index contributed by atoms with van der Waals surface area (Å²) >= 11 is 0. The molecule has 2 N–H and O–H groups in total. The van der Waals surface area contributed by atoms with Gasteiger partial charge in [0.2, 0.25) is 0 Å². The molecule has 1 fully saturated rings. The summed E-state index contributed by atoms with van der Waals surface area (Å²) in [6.45, 7) is 4.24. The van der Waals surface area contributed by atoms with Crippen molar-refractivity contribution < 1.29 is 4.79 Å². The maximum Gasteiger partial charge on any atom is 0.269 e. The summed E-state index contributed by atoms with van der Waals surface area (Å²) in [4.78, 5) is 20.6. The topological polar surface area (TPSA) is 104 Å². The molecule has 1 aliphatic heterocycles. The summed E-state index contributed by atoms with van der Waals surface area (Å²) in [5.41, 5.74) is 1.23. The largest absolute Gasteiger partial charge is 0.354 e. The fourth-order valence-electron chi connectivity index (χ4n) is 2.65. The molecule has 0 unspecified atom stereocenters. The number of carbonyl (C=O) groups excluding carboxylic acids is 1. The van der Waals surface area contributed by atoms with Gasteiger partial charge in [-0.1, -0.05) is 0 Å². The number of fused-ring (bicyclic) bond motifs is 1. The van der Waals surface area contributed by atoms with E-state index in [2.05, 4.69) is 35.5 Å². The van der Waals surface area contributed by atoms with Crippen LogP contribution in [0.4, 0.5) is 5.82 Å².